The van der Waals surface area contributed by atoms with Crippen LogP contribution in [0.25, 0.3) is 0 Å². The fraction of sp³-hybridized carbons (Fsp3) is 0.591. The molecule has 1 aromatic carbocycles. The van der Waals surface area contributed by atoms with Crippen LogP contribution in [-0.2, 0) is 4.79 Å². The maximum atomic E-state index is 12.5. The predicted octanol–water partition coefficient (Wildman–Crippen LogP) is 3.66. The Hall–Kier alpha value is -2.77. The number of nitrogens with one attached hydrogen (secondary N) is 4. The van der Waals surface area contributed by atoms with Crippen LogP contribution in [0.1, 0.15) is 58.3 Å². The number of hydrogen-bond acceptors (Lipinski definition) is 3. The highest BCUT2D eigenvalue weighted by Crippen LogP contribution is 2.18. The Labute approximate surface area is 178 Å². The van der Waals surface area contributed by atoms with Crippen LogP contribution in [0.5, 0.6) is 0 Å². The zero-order valence-corrected chi connectivity index (χ0v) is 17.7. The second kappa shape index (κ2) is 10.8. The SMILES string of the molecule is CCC(=O)Nc1ccc(NC(=O)N2CCC(NC(=O)NC3CCCCC3)CC2)cc1. The van der Waals surface area contributed by atoms with Gasteiger partial charge in [0.05, 0.1) is 0 Å². The number of carbonyl (C=O) groups is 3. The first-order chi connectivity index (χ1) is 14.5. The van der Waals surface area contributed by atoms with E-state index in [0.29, 0.717) is 36.9 Å². The first-order valence-electron chi connectivity index (χ1n) is 11.1. The summed E-state index contributed by atoms with van der Waals surface area (Å²) in [6.07, 6.45) is 7.69. The summed E-state index contributed by atoms with van der Waals surface area (Å²) >= 11 is 0. The van der Waals surface area contributed by atoms with Crippen molar-refractivity contribution in [3.8, 4) is 0 Å². The van der Waals surface area contributed by atoms with Gasteiger partial charge in [-0.2, -0.15) is 0 Å². The van der Waals surface area contributed by atoms with Gasteiger partial charge < -0.3 is 26.2 Å². The fourth-order valence-corrected chi connectivity index (χ4v) is 3.98. The molecule has 1 aromatic rings. The minimum absolute atomic E-state index is 0.0457. The number of rotatable bonds is 5. The number of urea groups is 2. The summed E-state index contributed by atoms with van der Waals surface area (Å²) in [5.41, 5.74) is 1.39. The Morgan fingerprint density at radius 1 is 0.833 bits per heavy atom. The van der Waals surface area contributed by atoms with Crippen molar-refractivity contribution < 1.29 is 14.4 Å². The van der Waals surface area contributed by atoms with Crippen molar-refractivity contribution in [1.82, 2.24) is 15.5 Å². The molecule has 30 heavy (non-hydrogen) atoms. The molecule has 0 radical (unpaired) electrons. The zero-order valence-electron chi connectivity index (χ0n) is 17.7. The van der Waals surface area contributed by atoms with Crippen LogP contribution in [0.3, 0.4) is 0 Å². The Balaban J connectivity index is 1.38. The monoisotopic (exact) mass is 415 g/mol. The van der Waals surface area contributed by atoms with E-state index in [9.17, 15) is 14.4 Å². The second-order valence-corrected chi connectivity index (χ2v) is 8.12. The molecule has 4 N–H and O–H groups in total. The Bertz CT molecular complexity index is 723. The minimum atomic E-state index is -0.148. The van der Waals surface area contributed by atoms with E-state index in [1.807, 2.05) is 0 Å². The summed E-state index contributed by atoms with van der Waals surface area (Å²) in [7, 11) is 0. The molecular formula is C22H33N5O3. The van der Waals surface area contributed by atoms with E-state index >= 15 is 0 Å². The van der Waals surface area contributed by atoms with Gasteiger partial charge in [0.25, 0.3) is 0 Å². The van der Waals surface area contributed by atoms with Crippen LogP contribution >= 0.6 is 0 Å². The summed E-state index contributed by atoms with van der Waals surface area (Å²) in [6.45, 7) is 3.00. The maximum absolute atomic E-state index is 12.5. The van der Waals surface area contributed by atoms with E-state index in [1.165, 1.54) is 19.3 Å². The third kappa shape index (κ3) is 6.64. The van der Waals surface area contributed by atoms with Crippen LogP contribution in [-0.4, -0.2) is 48.0 Å². The normalized spacial score (nSPS) is 17.8. The quantitative estimate of drug-likeness (QED) is 0.590. The fourth-order valence-electron chi connectivity index (χ4n) is 3.98. The summed E-state index contributed by atoms with van der Waals surface area (Å²) in [5.74, 6) is -0.0457. The van der Waals surface area contributed by atoms with Crippen LogP contribution in [0.4, 0.5) is 21.0 Å². The third-order valence-corrected chi connectivity index (χ3v) is 5.80. The van der Waals surface area contributed by atoms with Crippen molar-refractivity contribution in [2.45, 2.75) is 70.4 Å². The molecule has 1 aliphatic carbocycles. The molecule has 1 heterocycles. The molecule has 3 rings (SSSR count). The molecule has 0 unspecified atom stereocenters. The van der Waals surface area contributed by atoms with E-state index in [4.69, 9.17) is 0 Å². The van der Waals surface area contributed by atoms with Crippen molar-refractivity contribution in [3.63, 3.8) is 0 Å². The van der Waals surface area contributed by atoms with Gasteiger partial charge in [-0.05, 0) is 49.9 Å². The summed E-state index contributed by atoms with van der Waals surface area (Å²) in [4.78, 5) is 37.9. The molecule has 0 spiro atoms. The zero-order chi connectivity index (χ0) is 21.3. The topological polar surface area (TPSA) is 103 Å². The van der Waals surface area contributed by atoms with E-state index in [-0.39, 0.29) is 24.0 Å². The molecule has 8 heteroatoms. The van der Waals surface area contributed by atoms with Crippen molar-refractivity contribution in [3.05, 3.63) is 24.3 Å². The van der Waals surface area contributed by atoms with Gasteiger partial charge in [0.2, 0.25) is 5.91 Å². The van der Waals surface area contributed by atoms with Gasteiger partial charge in [-0.25, -0.2) is 9.59 Å². The lowest BCUT2D eigenvalue weighted by molar-refractivity contribution is -0.115. The van der Waals surface area contributed by atoms with E-state index in [1.54, 1.807) is 36.1 Å². The van der Waals surface area contributed by atoms with Crippen LogP contribution in [0, 0.1) is 0 Å². The van der Waals surface area contributed by atoms with Gasteiger partial charge in [0.15, 0.2) is 0 Å². The second-order valence-electron chi connectivity index (χ2n) is 8.12. The van der Waals surface area contributed by atoms with E-state index < -0.39 is 0 Å². The number of anilines is 2. The molecule has 0 atom stereocenters. The number of carbonyl (C=O) groups excluding carboxylic acids is 3. The average molecular weight is 416 g/mol. The van der Waals surface area contributed by atoms with E-state index in [0.717, 1.165) is 25.7 Å². The molecule has 164 valence electrons. The van der Waals surface area contributed by atoms with Gasteiger partial charge in [-0.3, -0.25) is 4.79 Å². The van der Waals surface area contributed by atoms with Crippen molar-refractivity contribution >= 4 is 29.3 Å². The Morgan fingerprint density at radius 2 is 1.37 bits per heavy atom. The summed E-state index contributed by atoms with van der Waals surface area (Å²) < 4.78 is 0. The maximum Gasteiger partial charge on any atom is 0.321 e. The van der Waals surface area contributed by atoms with Gasteiger partial charge in [-0.15, -0.1) is 0 Å². The van der Waals surface area contributed by atoms with Crippen LogP contribution < -0.4 is 21.3 Å². The molecule has 0 aromatic heterocycles. The Morgan fingerprint density at radius 3 is 1.93 bits per heavy atom. The minimum Gasteiger partial charge on any atom is -0.335 e. The Kier molecular flexibility index (Phi) is 7.93. The van der Waals surface area contributed by atoms with E-state index in [2.05, 4.69) is 21.3 Å². The number of amides is 5. The van der Waals surface area contributed by atoms with Crippen LogP contribution in [0.15, 0.2) is 24.3 Å². The lowest BCUT2D eigenvalue weighted by atomic mass is 9.96. The molecule has 1 saturated heterocycles. The molecule has 0 bridgehead atoms. The van der Waals surface area contributed by atoms with Gasteiger partial charge in [0, 0.05) is 43.0 Å². The average Bonchev–Trinajstić information content (AvgIpc) is 2.76. The van der Waals surface area contributed by atoms with Gasteiger partial charge in [-0.1, -0.05) is 26.2 Å². The molecule has 1 aliphatic heterocycles. The van der Waals surface area contributed by atoms with Gasteiger partial charge >= 0.3 is 12.1 Å². The van der Waals surface area contributed by atoms with Crippen molar-refractivity contribution in [2.24, 2.45) is 0 Å². The highest BCUT2D eigenvalue weighted by molar-refractivity contribution is 5.92. The first kappa shape index (κ1) is 21.9. The molecule has 2 fully saturated rings. The standard InChI is InChI=1S/C22H33N5O3/c1-2-20(28)23-17-8-10-18(11-9-17)26-22(30)27-14-12-19(13-15-27)25-21(29)24-16-6-4-3-5-7-16/h8-11,16,19H,2-7,12-15H2,1H3,(H,23,28)(H,26,30)(H2,24,25,29). The van der Waals surface area contributed by atoms with Crippen molar-refractivity contribution in [2.75, 3.05) is 23.7 Å². The molecule has 8 nitrogen and oxygen atoms in total. The largest absolute Gasteiger partial charge is 0.335 e. The third-order valence-electron chi connectivity index (χ3n) is 5.80. The lowest BCUT2D eigenvalue weighted by Gasteiger charge is -2.33. The highest BCUT2D eigenvalue weighted by Gasteiger charge is 2.25. The molecule has 5 amide bonds. The number of piperidine rings is 1. The predicted molar refractivity (Wildman–Crippen MR) is 118 cm³/mol. The molecule has 2 aliphatic rings. The number of hydrogen-bond donors (Lipinski definition) is 4. The number of likely N-dealkylation sites (tertiary alicyclic amines) is 1. The molecule has 1 saturated carbocycles. The lowest BCUT2D eigenvalue weighted by Crippen LogP contribution is -2.51. The van der Waals surface area contributed by atoms with Gasteiger partial charge in [0.1, 0.15) is 0 Å². The van der Waals surface area contributed by atoms with Crippen molar-refractivity contribution in [1.29, 1.82) is 0 Å². The number of benzene rings is 1. The van der Waals surface area contributed by atoms with Crippen LogP contribution in [0.2, 0.25) is 0 Å². The molecular weight excluding hydrogens is 382 g/mol. The summed E-state index contributed by atoms with van der Waals surface area (Å²) in [5, 5.41) is 11.8. The highest BCUT2D eigenvalue weighted by atomic mass is 16.2. The smallest absolute Gasteiger partial charge is 0.321 e. The number of nitrogens with zero attached hydrogens (tertiary/aromatic N) is 1. The summed E-state index contributed by atoms with van der Waals surface area (Å²) in [6, 6.07) is 7.24. The first-order valence-corrected chi connectivity index (χ1v) is 11.1.